The highest BCUT2D eigenvalue weighted by Crippen LogP contribution is 2.30. The molecule has 19 heavy (non-hydrogen) atoms. The van der Waals surface area contributed by atoms with Crippen LogP contribution < -0.4 is 0 Å². The predicted molar refractivity (Wildman–Crippen MR) is 77.8 cm³/mol. The molecule has 1 heterocycles. The van der Waals surface area contributed by atoms with Crippen molar-refractivity contribution in [3.63, 3.8) is 0 Å². The molecule has 0 aliphatic heterocycles. The average molecular weight is 278 g/mol. The molecular formula is C14H18N2O2S. The van der Waals surface area contributed by atoms with E-state index in [-0.39, 0.29) is 11.3 Å². The molecule has 2 rings (SSSR count). The van der Waals surface area contributed by atoms with E-state index in [1.165, 1.54) is 11.8 Å². The number of rotatable bonds is 3. The first-order valence-electron chi connectivity index (χ1n) is 6.13. The monoisotopic (exact) mass is 278 g/mol. The number of aliphatic carboxylic acids is 1. The van der Waals surface area contributed by atoms with Crippen molar-refractivity contribution in [1.29, 1.82) is 0 Å². The van der Waals surface area contributed by atoms with Crippen LogP contribution in [0.2, 0.25) is 0 Å². The normalized spacial score (nSPS) is 12.0. The van der Waals surface area contributed by atoms with Crippen LogP contribution in [0.3, 0.4) is 0 Å². The number of thioether (sulfide) groups is 1. The van der Waals surface area contributed by atoms with Gasteiger partial charge in [-0.15, -0.1) is 0 Å². The molecule has 0 aliphatic carbocycles. The van der Waals surface area contributed by atoms with Gasteiger partial charge in [-0.25, -0.2) is 4.98 Å². The molecule has 0 fully saturated rings. The zero-order chi connectivity index (χ0) is 14.2. The third-order valence-corrected chi connectivity index (χ3v) is 3.70. The molecule has 2 aromatic rings. The second-order valence-corrected chi connectivity index (χ2v) is 6.52. The summed E-state index contributed by atoms with van der Waals surface area (Å²) in [7, 11) is 0. The van der Waals surface area contributed by atoms with Crippen molar-refractivity contribution >= 4 is 28.8 Å². The van der Waals surface area contributed by atoms with Crippen LogP contribution >= 0.6 is 11.8 Å². The Labute approximate surface area is 116 Å². The van der Waals surface area contributed by atoms with Gasteiger partial charge in [0.25, 0.3) is 0 Å². The van der Waals surface area contributed by atoms with Gasteiger partial charge in [-0.3, -0.25) is 4.79 Å². The van der Waals surface area contributed by atoms with Crippen molar-refractivity contribution in [3.05, 3.63) is 23.8 Å². The topological polar surface area (TPSA) is 55.1 Å². The lowest BCUT2D eigenvalue weighted by molar-refractivity contribution is -0.133. The molecule has 0 atom stereocenters. The van der Waals surface area contributed by atoms with Crippen molar-refractivity contribution in [2.24, 2.45) is 0 Å². The molecule has 1 aromatic heterocycles. The Bertz CT molecular complexity index is 626. The zero-order valence-corrected chi connectivity index (χ0v) is 12.4. The van der Waals surface area contributed by atoms with Crippen molar-refractivity contribution in [2.75, 3.05) is 5.75 Å². The number of carboxylic acids is 1. The Morgan fingerprint density at radius 2 is 2.11 bits per heavy atom. The fraction of sp³-hybridized carbons (Fsp3) is 0.429. The van der Waals surface area contributed by atoms with Gasteiger partial charge in [-0.1, -0.05) is 17.8 Å². The van der Waals surface area contributed by atoms with Gasteiger partial charge in [0.05, 0.1) is 16.8 Å². The lowest BCUT2D eigenvalue weighted by Gasteiger charge is -2.24. The number of nitrogens with zero attached hydrogens (tertiary/aromatic N) is 2. The largest absolute Gasteiger partial charge is 0.481 e. The first-order valence-corrected chi connectivity index (χ1v) is 7.12. The Balaban J connectivity index is 2.58. The van der Waals surface area contributed by atoms with E-state index in [4.69, 9.17) is 5.11 Å². The standard InChI is InChI=1S/C14H18N2O2S/c1-9-5-6-11-10(7-9)15-13(19-8-12(17)18)16(11)14(2,3)4/h5-7H,8H2,1-4H3,(H,17,18). The Morgan fingerprint density at radius 1 is 1.42 bits per heavy atom. The Hall–Kier alpha value is -1.49. The fourth-order valence-electron chi connectivity index (χ4n) is 2.04. The molecule has 0 bridgehead atoms. The summed E-state index contributed by atoms with van der Waals surface area (Å²) in [6, 6.07) is 6.13. The predicted octanol–water partition coefficient (Wildman–Crippen LogP) is 3.28. The lowest BCUT2D eigenvalue weighted by Crippen LogP contribution is -2.22. The van der Waals surface area contributed by atoms with Crippen molar-refractivity contribution in [3.8, 4) is 0 Å². The van der Waals surface area contributed by atoms with E-state index < -0.39 is 5.97 Å². The first kappa shape index (κ1) is 13.9. The molecule has 0 radical (unpaired) electrons. The van der Waals surface area contributed by atoms with Crippen LogP contribution in [-0.2, 0) is 10.3 Å². The van der Waals surface area contributed by atoms with E-state index in [1.54, 1.807) is 0 Å². The third kappa shape index (κ3) is 2.92. The fourth-order valence-corrected chi connectivity index (χ4v) is 2.96. The highest BCUT2D eigenvalue weighted by atomic mass is 32.2. The number of benzene rings is 1. The van der Waals surface area contributed by atoms with Gasteiger partial charge in [0.1, 0.15) is 0 Å². The van der Waals surface area contributed by atoms with E-state index in [0.717, 1.165) is 21.8 Å². The summed E-state index contributed by atoms with van der Waals surface area (Å²) >= 11 is 1.27. The summed E-state index contributed by atoms with van der Waals surface area (Å²) in [4.78, 5) is 15.3. The molecule has 0 unspecified atom stereocenters. The quantitative estimate of drug-likeness (QED) is 0.875. The molecular weight excluding hydrogens is 260 g/mol. The van der Waals surface area contributed by atoms with E-state index in [1.807, 2.05) is 19.1 Å². The van der Waals surface area contributed by atoms with Crippen LogP contribution in [0.15, 0.2) is 23.4 Å². The van der Waals surface area contributed by atoms with Gasteiger partial charge < -0.3 is 9.67 Å². The van der Waals surface area contributed by atoms with Gasteiger partial charge in [0.2, 0.25) is 0 Å². The number of fused-ring (bicyclic) bond motifs is 1. The second-order valence-electron chi connectivity index (χ2n) is 5.58. The summed E-state index contributed by atoms with van der Waals surface area (Å²) in [5.41, 5.74) is 2.99. The summed E-state index contributed by atoms with van der Waals surface area (Å²) in [6.07, 6.45) is 0. The van der Waals surface area contributed by atoms with Crippen LogP contribution in [0.5, 0.6) is 0 Å². The van der Waals surface area contributed by atoms with Crippen LogP contribution in [0.25, 0.3) is 11.0 Å². The van der Waals surface area contributed by atoms with E-state index in [0.29, 0.717) is 0 Å². The minimum absolute atomic E-state index is 0.0262. The van der Waals surface area contributed by atoms with Gasteiger partial charge in [0.15, 0.2) is 5.16 Å². The maximum Gasteiger partial charge on any atom is 0.313 e. The summed E-state index contributed by atoms with van der Waals surface area (Å²) in [5, 5.41) is 9.59. The third-order valence-electron chi connectivity index (χ3n) is 2.77. The number of aryl methyl sites for hydroxylation is 1. The highest BCUT2D eigenvalue weighted by molar-refractivity contribution is 7.99. The van der Waals surface area contributed by atoms with Gasteiger partial charge in [0, 0.05) is 5.54 Å². The molecule has 0 amide bonds. The maximum atomic E-state index is 10.7. The van der Waals surface area contributed by atoms with Crippen molar-refractivity contribution in [1.82, 2.24) is 9.55 Å². The Kier molecular flexibility index (Phi) is 3.58. The number of carbonyl (C=O) groups is 1. The molecule has 0 aliphatic rings. The maximum absolute atomic E-state index is 10.7. The lowest BCUT2D eigenvalue weighted by atomic mass is 10.1. The molecule has 0 spiro atoms. The van der Waals surface area contributed by atoms with E-state index in [2.05, 4.69) is 36.4 Å². The SMILES string of the molecule is Cc1ccc2c(c1)nc(SCC(=O)O)n2C(C)(C)C. The van der Waals surface area contributed by atoms with Crippen molar-refractivity contribution < 1.29 is 9.90 Å². The smallest absolute Gasteiger partial charge is 0.313 e. The number of hydrogen-bond donors (Lipinski definition) is 1. The summed E-state index contributed by atoms with van der Waals surface area (Å²) in [6.45, 7) is 8.32. The van der Waals surface area contributed by atoms with Gasteiger partial charge in [-0.2, -0.15) is 0 Å². The van der Waals surface area contributed by atoms with Crippen LogP contribution in [-0.4, -0.2) is 26.4 Å². The highest BCUT2D eigenvalue weighted by Gasteiger charge is 2.22. The molecule has 1 N–H and O–H groups in total. The molecule has 0 saturated carbocycles. The van der Waals surface area contributed by atoms with E-state index in [9.17, 15) is 4.79 Å². The van der Waals surface area contributed by atoms with Crippen molar-refractivity contribution in [2.45, 2.75) is 38.4 Å². The van der Waals surface area contributed by atoms with Crippen LogP contribution in [0.4, 0.5) is 0 Å². The number of carboxylic acid groups (broad SMARTS) is 1. The minimum atomic E-state index is -0.825. The summed E-state index contributed by atoms with van der Waals surface area (Å²) in [5.74, 6) is -0.799. The van der Waals surface area contributed by atoms with Crippen LogP contribution in [0, 0.1) is 6.92 Å². The first-order chi connectivity index (χ1) is 8.79. The zero-order valence-electron chi connectivity index (χ0n) is 11.6. The number of aromatic nitrogens is 2. The Morgan fingerprint density at radius 3 is 2.68 bits per heavy atom. The van der Waals surface area contributed by atoms with Gasteiger partial charge in [-0.05, 0) is 45.4 Å². The second kappa shape index (κ2) is 4.89. The molecule has 1 aromatic carbocycles. The minimum Gasteiger partial charge on any atom is -0.481 e. The summed E-state index contributed by atoms with van der Waals surface area (Å²) < 4.78 is 2.11. The molecule has 0 saturated heterocycles. The molecule has 102 valence electrons. The van der Waals surface area contributed by atoms with Crippen LogP contribution in [0.1, 0.15) is 26.3 Å². The van der Waals surface area contributed by atoms with Gasteiger partial charge >= 0.3 is 5.97 Å². The number of imidazole rings is 1. The molecule has 4 nitrogen and oxygen atoms in total. The average Bonchev–Trinajstić information content (AvgIpc) is 2.63. The number of hydrogen-bond acceptors (Lipinski definition) is 3. The molecule has 5 heteroatoms. The van der Waals surface area contributed by atoms with E-state index >= 15 is 0 Å².